The van der Waals surface area contributed by atoms with E-state index in [0.29, 0.717) is 0 Å². The highest BCUT2D eigenvalue weighted by atomic mass is 32.1. The molecule has 0 unspecified atom stereocenters. The molecule has 3 aromatic rings. The molecule has 0 saturated carbocycles. The Morgan fingerprint density at radius 3 is 2.89 bits per heavy atom. The summed E-state index contributed by atoms with van der Waals surface area (Å²) in [4.78, 5) is 19.2. The van der Waals surface area contributed by atoms with Gasteiger partial charge in [0.15, 0.2) is 0 Å². The molecule has 0 aromatic carbocycles. The molecule has 2 aliphatic rings. The van der Waals surface area contributed by atoms with Crippen LogP contribution in [-0.2, 0) is 30.7 Å². The van der Waals surface area contributed by atoms with Crippen LogP contribution >= 0.6 is 11.3 Å². The van der Waals surface area contributed by atoms with Crippen LogP contribution in [0.15, 0.2) is 24.5 Å². The second-order valence-corrected chi connectivity index (χ2v) is 8.57. The highest BCUT2D eigenvalue weighted by Crippen LogP contribution is 2.38. The number of morpholine rings is 1. The van der Waals surface area contributed by atoms with Gasteiger partial charge in [-0.2, -0.15) is 0 Å². The van der Waals surface area contributed by atoms with Gasteiger partial charge >= 0.3 is 0 Å². The molecule has 1 aliphatic heterocycles. The van der Waals surface area contributed by atoms with Crippen molar-refractivity contribution in [3.8, 4) is 0 Å². The average Bonchev–Trinajstić information content (AvgIpc) is 3.12. The van der Waals surface area contributed by atoms with Crippen LogP contribution in [-0.4, -0.2) is 46.2 Å². The lowest BCUT2D eigenvalue weighted by Crippen LogP contribution is -2.36. The van der Waals surface area contributed by atoms with Crippen LogP contribution in [0, 0.1) is 0 Å². The highest BCUT2D eigenvalue weighted by molar-refractivity contribution is 7.19. The van der Waals surface area contributed by atoms with Gasteiger partial charge in [-0.25, -0.2) is 9.97 Å². The lowest BCUT2D eigenvalue weighted by atomic mass is 9.97. The number of aromatic nitrogens is 3. The van der Waals surface area contributed by atoms with E-state index in [1.165, 1.54) is 35.1 Å². The second-order valence-electron chi connectivity index (χ2n) is 7.48. The largest absolute Gasteiger partial charge is 0.379 e. The maximum absolute atomic E-state index is 5.48. The molecule has 1 saturated heterocycles. The van der Waals surface area contributed by atoms with Gasteiger partial charge in [-0.3, -0.25) is 9.88 Å². The fourth-order valence-electron chi connectivity index (χ4n) is 4.05. The summed E-state index contributed by atoms with van der Waals surface area (Å²) in [6, 6.07) is 4.07. The van der Waals surface area contributed by atoms with Gasteiger partial charge in [-0.05, 0) is 42.9 Å². The number of pyridine rings is 1. The number of aryl methyl sites for hydroxylation is 2. The SMILES string of the molecule is c1cncc(CNc2nc(CN3CCOCC3)nc3sc4c(c23)CCCC4)c1. The van der Waals surface area contributed by atoms with Gasteiger partial charge in [0, 0.05) is 36.9 Å². The molecular weight excluding hydrogens is 370 g/mol. The Hall–Kier alpha value is -2.09. The molecule has 0 spiro atoms. The van der Waals surface area contributed by atoms with Crippen LogP contribution in [0.5, 0.6) is 0 Å². The van der Waals surface area contributed by atoms with Gasteiger partial charge in [-0.1, -0.05) is 6.07 Å². The molecule has 7 heteroatoms. The third kappa shape index (κ3) is 3.74. The average molecular weight is 396 g/mol. The van der Waals surface area contributed by atoms with E-state index in [2.05, 4.69) is 21.3 Å². The molecule has 3 aromatic heterocycles. The van der Waals surface area contributed by atoms with Crippen molar-refractivity contribution in [1.82, 2.24) is 19.9 Å². The van der Waals surface area contributed by atoms with E-state index < -0.39 is 0 Å². The monoisotopic (exact) mass is 395 g/mol. The number of thiophene rings is 1. The van der Waals surface area contributed by atoms with Crippen molar-refractivity contribution in [2.24, 2.45) is 0 Å². The van der Waals surface area contributed by atoms with Gasteiger partial charge in [0.2, 0.25) is 0 Å². The first-order valence-electron chi connectivity index (χ1n) is 10.1. The van der Waals surface area contributed by atoms with Crippen molar-refractivity contribution >= 4 is 27.4 Å². The van der Waals surface area contributed by atoms with E-state index in [1.807, 2.05) is 29.8 Å². The number of nitrogens with zero attached hydrogens (tertiary/aromatic N) is 4. The van der Waals surface area contributed by atoms with Crippen molar-refractivity contribution < 1.29 is 4.74 Å². The van der Waals surface area contributed by atoms with Crippen LogP contribution in [0.25, 0.3) is 10.2 Å². The summed E-state index contributed by atoms with van der Waals surface area (Å²) in [7, 11) is 0. The zero-order chi connectivity index (χ0) is 18.8. The van der Waals surface area contributed by atoms with E-state index in [9.17, 15) is 0 Å². The smallest absolute Gasteiger partial charge is 0.146 e. The highest BCUT2D eigenvalue weighted by Gasteiger charge is 2.22. The number of rotatable bonds is 5. The quantitative estimate of drug-likeness (QED) is 0.714. The number of nitrogens with one attached hydrogen (secondary N) is 1. The van der Waals surface area contributed by atoms with Crippen molar-refractivity contribution in [1.29, 1.82) is 0 Å². The fraction of sp³-hybridized carbons (Fsp3) is 0.476. The molecule has 1 aliphatic carbocycles. The summed E-state index contributed by atoms with van der Waals surface area (Å²) in [5, 5.41) is 4.83. The normalized spacial score (nSPS) is 17.6. The number of ether oxygens (including phenoxy) is 1. The summed E-state index contributed by atoms with van der Waals surface area (Å²) >= 11 is 1.87. The number of hydrogen-bond acceptors (Lipinski definition) is 7. The summed E-state index contributed by atoms with van der Waals surface area (Å²) < 4.78 is 5.48. The van der Waals surface area contributed by atoms with Gasteiger partial charge in [0.1, 0.15) is 16.5 Å². The zero-order valence-electron chi connectivity index (χ0n) is 16.0. The number of hydrogen-bond donors (Lipinski definition) is 1. The molecule has 0 atom stereocenters. The maximum atomic E-state index is 5.48. The van der Waals surface area contributed by atoms with Crippen LogP contribution in [0.1, 0.15) is 34.7 Å². The lowest BCUT2D eigenvalue weighted by molar-refractivity contribution is 0.0331. The minimum Gasteiger partial charge on any atom is -0.379 e. The zero-order valence-corrected chi connectivity index (χ0v) is 16.8. The molecular formula is C21H25N5OS. The molecule has 5 rings (SSSR count). The van der Waals surface area contributed by atoms with Crippen LogP contribution < -0.4 is 5.32 Å². The van der Waals surface area contributed by atoms with E-state index in [4.69, 9.17) is 14.7 Å². The van der Waals surface area contributed by atoms with E-state index in [-0.39, 0.29) is 0 Å². The van der Waals surface area contributed by atoms with Crippen molar-refractivity contribution in [3.05, 3.63) is 46.4 Å². The summed E-state index contributed by atoms with van der Waals surface area (Å²) in [6.07, 6.45) is 8.58. The van der Waals surface area contributed by atoms with Gasteiger partial charge < -0.3 is 10.1 Å². The van der Waals surface area contributed by atoms with E-state index >= 15 is 0 Å². The van der Waals surface area contributed by atoms with Gasteiger partial charge in [-0.15, -0.1) is 11.3 Å². The number of fused-ring (bicyclic) bond motifs is 3. The summed E-state index contributed by atoms with van der Waals surface area (Å²) in [5.41, 5.74) is 2.63. The summed E-state index contributed by atoms with van der Waals surface area (Å²) in [5.74, 6) is 1.89. The lowest BCUT2D eigenvalue weighted by Gasteiger charge is -2.25. The van der Waals surface area contributed by atoms with Crippen molar-refractivity contribution in [2.45, 2.75) is 38.8 Å². The molecule has 0 bridgehead atoms. The molecule has 146 valence electrons. The Morgan fingerprint density at radius 1 is 1.14 bits per heavy atom. The van der Waals surface area contributed by atoms with Crippen molar-refractivity contribution in [3.63, 3.8) is 0 Å². The standard InChI is InChI=1S/C21H25N5OS/c1-2-6-17-16(5-1)19-20(23-13-15-4-3-7-22-12-15)24-18(25-21(19)28-17)14-26-8-10-27-11-9-26/h3-4,7,12H,1-2,5-6,8-11,13-14H2,(H,23,24,25). The molecule has 4 heterocycles. The Labute approximate surface area is 169 Å². The topological polar surface area (TPSA) is 63.2 Å². The van der Waals surface area contributed by atoms with Gasteiger partial charge in [0.25, 0.3) is 0 Å². The molecule has 0 radical (unpaired) electrons. The Bertz CT molecular complexity index is 952. The van der Waals surface area contributed by atoms with Crippen LogP contribution in [0.3, 0.4) is 0 Å². The minimum absolute atomic E-state index is 0.724. The first kappa shape index (κ1) is 18.0. The fourth-order valence-corrected chi connectivity index (χ4v) is 5.33. The third-order valence-corrected chi connectivity index (χ3v) is 6.70. The molecule has 6 nitrogen and oxygen atoms in total. The summed E-state index contributed by atoms with van der Waals surface area (Å²) in [6.45, 7) is 4.98. The Kier molecular flexibility index (Phi) is 5.20. The van der Waals surface area contributed by atoms with Gasteiger partial charge in [0.05, 0.1) is 25.1 Å². The molecule has 28 heavy (non-hydrogen) atoms. The maximum Gasteiger partial charge on any atom is 0.146 e. The number of anilines is 1. The first-order valence-corrected chi connectivity index (χ1v) is 10.9. The predicted octanol–water partition coefficient (Wildman–Crippen LogP) is 3.41. The Morgan fingerprint density at radius 2 is 2.04 bits per heavy atom. The predicted molar refractivity (Wildman–Crippen MR) is 112 cm³/mol. The molecule has 0 amide bonds. The van der Waals surface area contributed by atoms with Crippen molar-refractivity contribution in [2.75, 3.05) is 31.6 Å². The van der Waals surface area contributed by atoms with Crippen LogP contribution in [0.4, 0.5) is 5.82 Å². The molecule has 1 N–H and O–H groups in total. The Balaban J connectivity index is 1.49. The minimum atomic E-state index is 0.724. The van der Waals surface area contributed by atoms with Crippen LogP contribution in [0.2, 0.25) is 0 Å². The van der Waals surface area contributed by atoms with E-state index in [0.717, 1.165) is 67.8 Å². The second kappa shape index (κ2) is 8.11. The van der Waals surface area contributed by atoms with E-state index in [1.54, 1.807) is 0 Å². The third-order valence-electron chi connectivity index (χ3n) is 5.51. The molecule has 1 fully saturated rings. The first-order chi connectivity index (χ1) is 13.9.